The van der Waals surface area contributed by atoms with Crippen molar-refractivity contribution in [2.75, 3.05) is 0 Å². The van der Waals surface area contributed by atoms with E-state index in [0.717, 1.165) is 0 Å². The van der Waals surface area contributed by atoms with Gasteiger partial charge >= 0.3 is 5.97 Å². The first-order valence-corrected chi connectivity index (χ1v) is 6.31. The third-order valence-corrected chi connectivity index (χ3v) is 2.94. The van der Waals surface area contributed by atoms with Crippen LogP contribution in [0.25, 0.3) is 0 Å². The molecule has 1 N–H and O–H groups in total. The van der Waals surface area contributed by atoms with Crippen LogP contribution >= 0.6 is 0 Å². The Kier molecular flexibility index (Phi) is 5.37. The lowest BCUT2D eigenvalue weighted by atomic mass is 9.91. The van der Waals surface area contributed by atoms with Crippen LogP contribution in [0.4, 0.5) is 5.69 Å². The zero-order chi connectivity index (χ0) is 15.3. The summed E-state index contributed by atoms with van der Waals surface area (Å²) in [5.74, 6) is -1.85. The summed E-state index contributed by atoms with van der Waals surface area (Å²) in [4.78, 5) is 33.1. The minimum absolute atomic E-state index is 0.0919. The highest BCUT2D eigenvalue weighted by atomic mass is 16.6. The third kappa shape index (κ3) is 4.46. The maximum absolute atomic E-state index is 12.0. The van der Waals surface area contributed by atoms with Crippen LogP contribution in [0.15, 0.2) is 24.3 Å². The Bertz CT molecular complexity index is 507. The van der Waals surface area contributed by atoms with Gasteiger partial charge in [0.1, 0.15) is 0 Å². The molecular weight excluding hydrogens is 262 g/mol. The molecule has 1 rings (SSSR count). The fourth-order valence-electron chi connectivity index (χ4n) is 1.95. The first-order chi connectivity index (χ1) is 9.31. The SMILES string of the molecule is CC(C)CC(CC(=O)c1ccc([N+](=O)[O-])cc1)C(=O)O. The molecule has 0 aliphatic heterocycles. The van der Waals surface area contributed by atoms with Gasteiger partial charge in [-0.15, -0.1) is 0 Å². The van der Waals surface area contributed by atoms with Crippen molar-refractivity contribution in [3.63, 3.8) is 0 Å². The Balaban J connectivity index is 2.78. The highest BCUT2D eigenvalue weighted by Crippen LogP contribution is 2.20. The number of nitro benzene ring substituents is 1. The van der Waals surface area contributed by atoms with E-state index >= 15 is 0 Å². The Labute approximate surface area is 116 Å². The van der Waals surface area contributed by atoms with Gasteiger partial charge in [-0.25, -0.2) is 0 Å². The van der Waals surface area contributed by atoms with Crippen molar-refractivity contribution in [2.45, 2.75) is 26.7 Å². The first-order valence-electron chi connectivity index (χ1n) is 6.31. The summed E-state index contributed by atoms with van der Waals surface area (Å²) in [7, 11) is 0. The molecule has 0 spiro atoms. The predicted molar refractivity (Wildman–Crippen MR) is 72.6 cm³/mol. The van der Waals surface area contributed by atoms with Gasteiger partial charge in [0.05, 0.1) is 10.8 Å². The number of carbonyl (C=O) groups excluding carboxylic acids is 1. The van der Waals surface area contributed by atoms with Gasteiger partial charge < -0.3 is 5.11 Å². The third-order valence-electron chi connectivity index (χ3n) is 2.94. The predicted octanol–water partition coefficient (Wildman–Crippen LogP) is 2.91. The number of rotatable bonds is 7. The number of nitro groups is 1. The molecule has 1 aromatic carbocycles. The highest BCUT2D eigenvalue weighted by Gasteiger charge is 2.23. The lowest BCUT2D eigenvalue weighted by Crippen LogP contribution is -2.20. The molecule has 6 nitrogen and oxygen atoms in total. The van der Waals surface area contributed by atoms with Crippen molar-refractivity contribution in [2.24, 2.45) is 11.8 Å². The van der Waals surface area contributed by atoms with Gasteiger partial charge in [-0.05, 0) is 24.5 Å². The molecule has 0 saturated carbocycles. The largest absolute Gasteiger partial charge is 0.481 e. The molecule has 0 heterocycles. The van der Waals surface area contributed by atoms with Crippen LogP contribution < -0.4 is 0 Å². The molecule has 0 amide bonds. The molecule has 20 heavy (non-hydrogen) atoms. The van der Waals surface area contributed by atoms with Gasteiger partial charge in [-0.1, -0.05) is 13.8 Å². The number of carboxylic acids is 1. The number of non-ortho nitro benzene ring substituents is 1. The second-order valence-electron chi connectivity index (χ2n) is 5.10. The van der Waals surface area contributed by atoms with E-state index in [2.05, 4.69) is 0 Å². The average Bonchev–Trinajstić information content (AvgIpc) is 2.37. The van der Waals surface area contributed by atoms with Crippen molar-refractivity contribution in [1.82, 2.24) is 0 Å². The van der Waals surface area contributed by atoms with Gasteiger partial charge in [0.15, 0.2) is 5.78 Å². The lowest BCUT2D eigenvalue weighted by molar-refractivity contribution is -0.384. The minimum atomic E-state index is -0.992. The van der Waals surface area contributed by atoms with E-state index in [0.29, 0.717) is 12.0 Å². The van der Waals surface area contributed by atoms with Crippen LogP contribution in [0.1, 0.15) is 37.0 Å². The minimum Gasteiger partial charge on any atom is -0.481 e. The highest BCUT2D eigenvalue weighted by molar-refractivity contribution is 5.98. The van der Waals surface area contributed by atoms with Gasteiger partial charge in [-0.3, -0.25) is 19.7 Å². The fourth-order valence-corrected chi connectivity index (χ4v) is 1.95. The molecule has 0 radical (unpaired) electrons. The van der Waals surface area contributed by atoms with Crippen LogP contribution in [0.2, 0.25) is 0 Å². The topological polar surface area (TPSA) is 97.5 Å². The van der Waals surface area contributed by atoms with Crippen LogP contribution in [-0.4, -0.2) is 21.8 Å². The number of carbonyl (C=O) groups is 2. The number of ketones is 1. The molecule has 1 atom stereocenters. The normalized spacial score (nSPS) is 12.2. The van der Waals surface area contributed by atoms with Gasteiger partial charge in [-0.2, -0.15) is 0 Å². The summed E-state index contributed by atoms with van der Waals surface area (Å²) < 4.78 is 0. The summed E-state index contributed by atoms with van der Waals surface area (Å²) in [6, 6.07) is 5.19. The fraction of sp³-hybridized carbons (Fsp3) is 0.429. The number of Topliss-reactive ketones (excluding diaryl/α,β-unsaturated/α-hetero) is 1. The Hall–Kier alpha value is -2.24. The second kappa shape index (κ2) is 6.79. The quantitative estimate of drug-likeness (QED) is 0.470. The second-order valence-corrected chi connectivity index (χ2v) is 5.10. The maximum Gasteiger partial charge on any atom is 0.306 e. The summed E-state index contributed by atoms with van der Waals surface area (Å²) in [5.41, 5.74) is 0.198. The van der Waals surface area contributed by atoms with Crippen molar-refractivity contribution < 1.29 is 19.6 Å². The van der Waals surface area contributed by atoms with Gasteiger partial charge in [0.25, 0.3) is 5.69 Å². The first kappa shape index (κ1) is 15.8. The molecule has 108 valence electrons. The smallest absolute Gasteiger partial charge is 0.306 e. The molecule has 1 unspecified atom stereocenters. The summed E-state index contributed by atoms with van der Waals surface area (Å²) >= 11 is 0. The van der Waals surface area contributed by atoms with Crippen LogP contribution in [0, 0.1) is 22.0 Å². The molecule has 0 aromatic heterocycles. The molecule has 0 bridgehead atoms. The number of carboxylic acid groups (broad SMARTS) is 1. The Morgan fingerprint density at radius 3 is 2.20 bits per heavy atom. The van der Waals surface area contributed by atoms with Crippen molar-refractivity contribution in [3.8, 4) is 0 Å². The van der Waals surface area contributed by atoms with E-state index in [9.17, 15) is 19.7 Å². The maximum atomic E-state index is 12.0. The number of hydrogen-bond acceptors (Lipinski definition) is 4. The van der Waals surface area contributed by atoms with Crippen LogP contribution in [0.3, 0.4) is 0 Å². The zero-order valence-corrected chi connectivity index (χ0v) is 11.4. The number of benzene rings is 1. The number of aliphatic carboxylic acids is 1. The molecule has 0 saturated heterocycles. The zero-order valence-electron chi connectivity index (χ0n) is 11.4. The molecule has 6 heteroatoms. The van der Waals surface area contributed by atoms with E-state index in [1.807, 2.05) is 13.8 Å². The van der Waals surface area contributed by atoms with E-state index in [1.54, 1.807) is 0 Å². The van der Waals surface area contributed by atoms with Crippen LogP contribution in [0.5, 0.6) is 0 Å². The monoisotopic (exact) mass is 279 g/mol. The Morgan fingerprint density at radius 1 is 1.25 bits per heavy atom. The lowest BCUT2D eigenvalue weighted by Gasteiger charge is -2.13. The number of hydrogen-bond donors (Lipinski definition) is 1. The van der Waals surface area contributed by atoms with Crippen LogP contribution in [-0.2, 0) is 4.79 Å². The molecule has 1 aromatic rings. The molecule has 0 aliphatic carbocycles. The Morgan fingerprint density at radius 2 is 1.80 bits per heavy atom. The van der Waals surface area contributed by atoms with Crippen molar-refractivity contribution in [3.05, 3.63) is 39.9 Å². The van der Waals surface area contributed by atoms with Gasteiger partial charge in [0.2, 0.25) is 0 Å². The molecule has 0 fully saturated rings. The number of nitrogens with zero attached hydrogens (tertiary/aromatic N) is 1. The molecule has 0 aliphatic rings. The standard InChI is InChI=1S/C14H17NO5/c1-9(2)7-11(14(17)18)8-13(16)10-3-5-12(6-4-10)15(19)20/h3-6,9,11H,7-8H2,1-2H3,(H,17,18). The van der Waals surface area contributed by atoms with E-state index in [-0.39, 0.29) is 23.8 Å². The summed E-state index contributed by atoms with van der Waals surface area (Å²) in [5, 5.41) is 19.6. The van der Waals surface area contributed by atoms with Crippen molar-refractivity contribution >= 4 is 17.4 Å². The summed E-state index contributed by atoms with van der Waals surface area (Å²) in [6.07, 6.45) is 0.333. The molecular formula is C14H17NO5. The summed E-state index contributed by atoms with van der Waals surface area (Å²) in [6.45, 7) is 3.79. The average molecular weight is 279 g/mol. The van der Waals surface area contributed by atoms with E-state index in [4.69, 9.17) is 5.11 Å². The van der Waals surface area contributed by atoms with Crippen molar-refractivity contribution in [1.29, 1.82) is 0 Å². The van der Waals surface area contributed by atoms with E-state index in [1.165, 1.54) is 24.3 Å². The van der Waals surface area contributed by atoms with E-state index < -0.39 is 16.8 Å². The van der Waals surface area contributed by atoms with Gasteiger partial charge in [0, 0.05) is 24.1 Å².